The third kappa shape index (κ3) is 3.76. The van der Waals surface area contributed by atoms with E-state index in [1.54, 1.807) is 19.2 Å². The second-order valence-electron chi connectivity index (χ2n) is 7.02. The van der Waals surface area contributed by atoms with Gasteiger partial charge in [0.25, 0.3) is 5.91 Å². The molecule has 3 aromatic heterocycles. The zero-order valence-electron chi connectivity index (χ0n) is 16.2. The van der Waals surface area contributed by atoms with E-state index in [1.807, 2.05) is 4.90 Å². The highest BCUT2D eigenvalue weighted by atomic mass is 19.1. The zero-order chi connectivity index (χ0) is 21.3. The number of carbonyl (C=O) groups is 1. The number of ether oxygens (including phenoxy) is 1. The molecule has 0 spiro atoms. The third-order valence-corrected chi connectivity index (χ3v) is 4.89. The van der Waals surface area contributed by atoms with Gasteiger partial charge >= 0.3 is 0 Å². The summed E-state index contributed by atoms with van der Waals surface area (Å²) in [7, 11) is 0. The van der Waals surface area contributed by atoms with Crippen LogP contribution in [0, 0.1) is 5.82 Å². The number of carbonyl (C=O) groups excluding carboxylic acids is 1. The molecule has 4 rings (SSSR count). The second kappa shape index (κ2) is 8.20. The summed E-state index contributed by atoms with van der Waals surface area (Å²) in [6.07, 6.45) is 4.02. The van der Waals surface area contributed by atoms with Crippen LogP contribution in [0.2, 0.25) is 0 Å². The molecular formula is C19H21FN6O4. The summed E-state index contributed by atoms with van der Waals surface area (Å²) in [6.45, 7) is 2.57. The summed E-state index contributed by atoms with van der Waals surface area (Å²) in [5, 5.41) is 26.1. The number of hydrogen-bond donors (Lipinski definition) is 3. The fraction of sp³-hybridized carbons (Fsp3) is 0.368. The van der Waals surface area contributed by atoms with Crippen LogP contribution in [0.15, 0.2) is 30.7 Å². The Kier molecular flexibility index (Phi) is 5.46. The van der Waals surface area contributed by atoms with Crippen molar-refractivity contribution in [2.75, 3.05) is 31.3 Å². The predicted molar refractivity (Wildman–Crippen MR) is 104 cm³/mol. The van der Waals surface area contributed by atoms with E-state index < -0.39 is 23.8 Å². The third-order valence-electron chi connectivity index (χ3n) is 4.89. The lowest BCUT2D eigenvalue weighted by molar-refractivity contribution is 0.0920. The quantitative estimate of drug-likeness (QED) is 0.554. The molecule has 0 aliphatic carbocycles. The largest absolute Gasteiger partial charge is 0.493 e. The van der Waals surface area contributed by atoms with Crippen LogP contribution in [-0.2, 0) is 4.74 Å². The first-order valence-electron chi connectivity index (χ1n) is 9.43. The van der Waals surface area contributed by atoms with Gasteiger partial charge in [0.2, 0.25) is 5.88 Å². The van der Waals surface area contributed by atoms with Crippen LogP contribution < -0.4 is 10.2 Å². The Labute approximate surface area is 170 Å². The van der Waals surface area contributed by atoms with E-state index in [2.05, 4.69) is 20.4 Å². The van der Waals surface area contributed by atoms with Gasteiger partial charge in [0.1, 0.15) is 17.2 Å². The number of aliphatic hydroxyl groups excluding tert-OH is 1. The molecule has 1 aliphatic heterocycles. The number of rotatable bonds is 5. The van der Waals surface area contributed by atoms with E-state index in [9.17, 15) is 14.3 Å². The van der Waals surface area contributed by atoms with Crippen molar-refractivity contribution in [3.8, 4) is 5.88 Å². The fourth-order valence-corrected chi connectivity index (χ4v) is 3.36. The van der Waals surface area contributed by atoms with Crippen LogP contribution in [0.4, 0.5) is 10.2 Å². The Morgan fingerprint density at radius 3 is 3.10 bits per heavy atom. The smallest absolute Gasteiger partial charge is 0.257 e. The van der Waals surface area contributed by atoms with E-state index in [4.69, 9.17) is 9.84 Å². The number of amides is 1. The van der Waals surface area contributed by atoms with Crippen molar-refractivity contribution in [2.45, 2.75) is 19.0 Å². The van der Waals surface area contributed by atoms with Crippen molar-refractivity contribution in [3.63, 3.8) is 0 Å². The van der Waals surface area contributed by atoms with Gasteiger partial charge in [-0.2, -0.15) is 5.10 Å². The van der Waals surface area contributed by atoms with E-state index >= 15 is 0 Å². The standard InChI is InChI=1S/C19H21FN6O4/c1-11(9-27)23-19(29)14-8-22-26-3-2-16(24-17(14)26)25-4-5-30-10-15(25)13-6-12(20)7-21-18(13)28/h2-3,6-8,11,15,27H,4-5,9-10H2,1H3,(H,21,28)(H,23,29)/t11-,15-/m1/s1. The molecular weight excluding hydrogens is 395 g/mol. The van der Waals surface area contributed by atoms with E-state index in [0.717, 1.165) is 6.20 Å². The molecule has 3 N–H and O–H groups in total. The Morgan fingerprint density at radius 2 is 2.30 bits per heavy atom. The summed E-state index contributed by atoms with van der Waals surface area (Å²) < 4.78 is 20.8. The number of pyridine rings is 1. The van der Waals surface area contributed by atoms with Crippen molar-refractivity contribution < 1.29 is 24.1 Å². The molecule has 0 unspecified atom stereocenters. The molecule has 0 bridgehead atoms. The van der Waals surface area contributed by atoms with Gasteiger partial charge < -0.3 is 25.2 Å². The van der Waals surface area contributed by atoms with E-state index in [-0.39, 0.29) is 24.7 Å². The minimum absolute atomic E-state index is 0.190. The summed E-state index contributed by atoms with van der Waals surface area (Å²) >= 11 is 0. The number of aromatic nitrogens is 4. The maximum Gasteiger partial charge on any atom is 0.257 e. The first-order chi connectivity index (χ1) is 14.5. The molecule has 2 atom stereocenters. The maximum absolute atomic E-state index is 13.8. The summed E-state index contributed by atoms with van der Waals surface area (Å²) in [5.74, 6) is -0.726. The molecule has 1 aliphatic rings. The lowest BCUT2D eigenvalue weighted by atomic mass is 10.1. The van der Waals surface area contributed by atoms with Gasteiger partial charge in [-0.15, -0.1) is 0 Å². The number of hydrogen-bond acceptors (Lipinski definition) is 8. The van der Waals surface area contributed by atoms with Crippen LogP contribution in [0.5, 0.6) is 5.88 Å². The first kappa shape index (κ1) is 20.0. The number of aromatic hydroxyl groups is 1. The lowest BCUT2D eigenvalue weighted by Crippen LogP contribution is -2.40. The van der Waals surface area contributed by atoms with Crippen molar-refractivity contribution in [3.05, 3.63) is 47.7 Å². The number of fused-ring (bicyclic) bond motifs is 1. The first-order valence-corrected chi connectivity index (χ1v) is 9.43. The van der Waals surface area contributed by atoms with Gasteiger partial charge in [0, 0.05) is 24.3 Å². The monoisotopic (exact) mass is 416 g/mol. The van der Waals surface area contributed by atoms with Crippen LogP contribution in [0.3, 0.4) is 0 Å². The van der Waals surface area contributed by atoms with Crippen LogP contribution in [0.25, 0.3) is 5.65 Å². The van der Waals surface area contributed by atoms with Gasteiger partial charge in [-0.25, -0.2) is 18.9 Å². The Morgan fingerprint density at radius 1 is 1.47 bits per heavy atom. The van der Waals surface area contributed by atoms with Gasteiger partial charge in [0.15, 0.2) is 5.65 Å². The van der Waals surface area contributed by atoms with Crippen LogP contribution >= 0.6 is 0 Å². The van der Waals surface area contributed by atoms with Crippen molar-refractivity contribution in [2.24, 2.45) is 0 Å². The molecule has 0 radical (unpaired) electrons. The average molecular weight is 416 g/mol. The summed E-state index contributed by atoms with van der Waals surface area (Å²) in [5.41, 5.74) is 0.888. The lowest BCUT2D eigenvalue weighted by Gasteiger charge is -2.36. The molecule has 1 fully saturated rings. The Balaban J connectivity index is 1.71. The topological polar surface area (TPSA) is 125 Å². The second-order valence-corrected chi connectivity index (χ2v) is 7.02. The molecule has 0 saturated carbocycles. The highest BCUT2D eigenvalue weighted by Crippen LogP contribution is 2.33. The molecule has 158 valence electrons. The van der Waals surface area contributed by atoms with Crippen molar-refractivity contribution in [1.82, 2.24) is 24.9 Å². The fourth-order valence-electron chi connectivity index (χ4n) is 3.36. The highest BCUT2D eigenvalue weighted by Gasteiger charge is 2.29. The normalized spacial score (nSPS) is 17.8. The Bertz CT molecular complexity index is 1070. The predicted octanol–water partition coefficient (Wildman–Crippen LogP) is 0.657. The minimum Gasteiger partial charge on any atom is -0.493 e. The number of anilines is 1. The SMILES string of the molecule is C[C@H](CO)NC(=O)c1cnn2ccc(N3CCOC[C@@H]3c3cc(F)cnc3O)nc12. The van der Waals surface area contributed by atoms with Crippen molar-refractivity contribution in [1.29, 1.82) is 0 Å². The molecule has 1 amide bonds. The van der Waals surface area contributed by atoms with E-state index in [0.29, 0.717) is 30.2 Å². The molecule has 11 heteroatoms. The van der Waals surface area contributed by atoms with Crippen LogP contribution in [0.1, 0.15) is 28.9 Å². The molecule has 1 saturated heterocycles. The molecule has 0 aromatic carbocycles. The number of morpholine rings is 1. The molecule has 30 heavy (non-hydrogen) atoms. The number of aliphatic hydroxyl groups is 1. The van der Waals surface area contributed by atoms with Crippen LogP contribution in [-0.4, -0.2) is 68.1 Å². The summed E-state index contributed by atoms with van der Waals surface area (Å²) in [6, 6.07) is 2.02. The average Bonchev–Trinajstić information content (AvgIpc) is 3.18. The minimum atomic E-state index is -0.565. The van der Waals surface area contributed by atoms with Crippen molar-refractivity contribution >= 4 is 17.4 Å². The molecule has 3 aromatic rings. The molecule has 10 nitrogen and oxygen atoms in total. The summed E-state index contributed by atoms with van der Waals surface area (Å²) in [4.78, 5) is 22.7. The van der Waals surface area contributed by atoms with Gasteiger partial charge in [-0.05, 0) is 19.1 Å². The van der Waals surface area contributed by atoms with Gasteiger partial charge in [0.05, 0.1) is 38.3 Å². The number of halogens is 1. The number of nitrogens with one attached hydrogen (secondary N) is 1. The highest BCUT2D eigenvalue weighted by molar-refractivity contribution is 5.99. The van der Waals surface area contributed by atoms with Gasteiger partial charge in [-0.1, -0.05) is 0 Å². The van der Waals surface area contributed by atoms with E-state index in [1.165, 1.54) is 16.8 Å². The zero-order valence-corrected chi connectivity index (χ0v) is 16.2. The molecule has 4 heterocycles. The maximum atomic E-state index is 13.8. The van der Waals surface area contributed by atoms with Gasteiger partial charge in [-0.3, -0.25) is 4.79 Å². The Hall–Kier alpha value is -3.31. The number of nitrogens with zero attached hydrogens (tertiary/aromatic N) is 5.